The Bertz CT molecular complexity index is 176. The molecule has 1 aliphatic rings. The van der Waals surface area contributed by atoms with Gasteiger partial charge in [0, 0.05) is 6.20 Å². The molecule has 0 saturated carbocycles. The maximum Gasteiger partial charge on any atom is 0.293 e. The van der Waals surface area contributed by atoms with Gasteiger partial charge in [0.1, 0.15) is 0 Å². The van der Waals surface area contributed by atoms with Crippen LogP contribution in [0.15, 0.2) is 29.6 Å². The lowest BCUT2D eigenvalue weighted by Crippen LogP contribution is -2.38. The SMILES string of the molecule is O=NC1(O)C=CC=CN1. The quantitative estimate of drug-likeness (QED) is 0.489. The molecular weight excluding hydrogens is 120 g/mol. The van der Waals surface area contributed by atoms with Crippen molar-refractivity contribution in [3.8, 4) is 0 Å². The zero-order valence-corrected chi connectivity index (χ0v) is 4.61. The van der Waals surface area contributed by atoms with Crippen LogP contribution in [0.5, 0.6) is 0 Å². The summed E-state index contributed by atoms with van der Waals surface area (Å²) in [7, 11) is 0. The van der Waals surface area contributed by atoms with Gasteiger partial charge in [0.05, 0.1) is 0 Å². The molecule has 1 heterocycles. The van der Waals surface area contributed by atoms with Crippen LogP contribution in [0, 0.1) is 4.91 Å². The number of rotatable bonds is 1. The zero-order chi connectivity index (χ0) is 6.74. The molecule has 0 aliphatic carbocycles. The molecule has 4 heteroatoms. The first-order valence-corrected chi connectivity index (χ1v) is 2.46. The number of hydrogen-bond acceptors (Lipinski definition) is 4. The molecule has 1 unspecified atom stereocenters. The van der Waals surface area contributed by atoms with Crippen LogP contribution in [-0.2, 0) is 0 Å². The summed E-state index contributed by atoms with van der Waals surface area (Å²) in [5.41, 5.74) is 0. The molecule has 0 saturated heterocycles. The number of nitrogens with zero attached hydrogens (tertiary/aromatic N) is 1. The van der Waals surface area contributed by atoms with Gasteiger partial charge in [0.2, 0.25) is 0 Å². The Morgan fingerprint density at radius 2 is 2.33 bits per heavy atom. The van der Waals surface area contributed by atoms with Gasteiger partial charge >= 0.3 is 0 Å². The fraction of sp³-hybridized carbons (Fsp3) is 0.200. The number of aliphatic hydroxyl groups is 1. The largest absolute Gasteiger partial charge is 0.347 e. The lowest BCUT2D eigenvalue weighted by atomic mass is 10.3. The van der Waals surface area contributed by atoms with Gasteiger partial charge in [-0.1, -0.05) is 6.08 Å². The number of allylic oxidation sites excluding steroid dienone is 2. The number of nitroso groups, excluding NO2 is 1. The molecule has 0 fully saturated rings. The third-order valence-corrected chi connectivity index (χ3v) is 0.971. The fourth-order valence-electron chi connectivity index (χ4n) is 0.521. The van der Waals surface area contributed by atoms with Crippen molar-refractivity contribution >= 4 is 0 Å². The second-order valence-corrected chi connectivity index (χ2v) is 1.68. The van der Waals surface area contributed by atoms with E-state index in [1.54, 1.807) is 6.08 Å². The topological polar surface area (TPSA) is 61.7 Å². The Kier molecular flexibility index (Phi) is 1.32. The summed E-state index contributed by atoms with van der Waals surface area (Å²) >= 11 is 0. The van der Waals surface area contributed by atoms with E-state index in [0.29, 0.717) is 0 Å². The van der Waals surface area contributed by atoms with E-state index in [2.05, 4.69) is 10.5 Å². The highest BCUT2D eigenvalue weighted by Gasteiger charge is 2.22. The minimum Gasteiger partial charge on any atom is -0.347 e. The molecule has 1 rings (SSSR count). The Morgan fingerprint density at radius 1 is 1.56 bits per heavy atom. The van der Waals surface area contributed by atoms with Gasteiger partial charge in [-0.05, 0) is 17.3 Å². The van der Waals surface area contributed by atoms with Crippen molar-refractivity contribution in [1.82, 2.24) is 5.32 Å². The van der Waals surface area contributed by atoms with Crippen molar-refractivity contribution in [2.75, 3.05) is 0 Å². The van der Waals surface area contributed by atoms with Gasteiger partial charge in [-0.15, -0.1) is 4.91 Å². The smallest absolute Gasteiger partial charge is 0.293 e. The molecule has 9 heavy (non-hydrogen) atoms. The van der Waals surface area contributed by atoms with E-state index in [9.17, 15) is 4.91 Å². The average molecular weight is 126 g/mol. The molecule has 48 valence electrons. The van der Waals surface area contributed by atoms with Crippen LogP contribution >= 0.6 is 0 Å². The molecule has 0 aromatic rings. The molecule has 0 aromatic heterocycles. The monoisotopic (exact) mass is 126 g/mol. The Labute approximate surface area is 51.9 Å². The molecule has 1 aliphatic heterocycles. The van der Waals surface area contributed by atoms with Crippen LogP contribution in [0.25, 0.3) is 0 Å². The van der Waals surface area contributed by atoms with Crippen molar-refractivity contribution < 1.29 is 5.11 Å². The molecule has 2 N–H and O–H groups in total. The van der Waals surface area contributed by atoms with Crippen molar-refractivity contribution in [2.24, 2.45) is 5.18 Å². The zero-order valence-electron chi connectivity index (χ0n) is 4.61. The summed E-state index contributed by atoms with van der Waals surface area (Å²) in [5, 5.41) is 13.7. The first-order valence-electron chi connectivity index (χ1n) is 2.46. The summed E-state index contributed by atoms with van der Waals surface area (Å²) in [4.78, 5) is 9.83. The first-order chi connectivity index (χ1) is 4.27. The van der Waals surface area contributed by atoms with Crippen LogP contribution in [0.4, 0.5) is 0 Å². The van der Waals surface area contributed by atoms with Crippen LogP contribution in [0.1, 0.15) is 0 Å². The van der Waals surface area contributed by atoms with Crippen LogP contribution in [0.2, 0.25) is 0 Å². The summed E-state index contributed by atoms with van der Waals surface area (Å²) < 4.78 is 0. The Morgan fingerprint density at radius 3 is 2.67 bits per heavy atom. The summed E-state index contributed by atoms with van der Waals surface area (Å²) in [6, 6.07) is 0. The van der Waals surface area contributed by atoms with Gasteiger partial charge in [0.25, 0.3) is 5.85 Å². The average Bonchev–Trinajstić information content (AvgIpc) is 1.90. The third-order valence-electron chi connectivity index (χ3n) is 0.971. The van der Waals surface area contributed by atoms with Crippen LogP contribution < -0.4 is 5.32 Å². The lowest BCUT2D eigenvalue weighted by molar-refractivity contribution is 0.0758. The molecule has 0 bridgehead atoms. The number of dihydropyridines is 1. The second kappa shape index (κ2) is 1.99. The van der Waals surface area contributed by atoms with E-state index in [4.69, 9.17) is 5.11 Å². The molecule has 0 radical (unpaired) electrons. The van der Waals surface area contributed by atoms with Crippen molar-refractivity contribution in [3.63, 3.8) is 0 Å². The molecule has 0 amide bonds. The highest BCUT2D eigenvalue weighted by Crippen LogP contribution is 2.06. The van der Waals surface area contributed by atoms with E-state index in [-0.39, 0.29) is 0 Å². The maximum atomic E-state index is 9.83. The summed E-state index contributed by atoms with van der Waals surface area (Å²) in [5.74, 6) is -1.73. The third kappa shape index (κ3) is 1.14. The Balaban J connectivity index is 2.73. The van der Waals surface area contributed by atoms with E-state index in [0.717, 1.165) is 0 Å². The van der Waals surface area contributed by atoms with Crippen molar-refractivity contribution in [3.05, 3.63) is 29.3 Å². The maximum absolute atomic E-state index is 9.83. The molecular formula is C5H6N2O2. The Hall–Kier alpha value is -1.16. The van der Waals surface area contributed by atoms with Crippen molar-refractivity contribution in [1.29, 1.82) is 0 Å². The molecule has 0 aromatic carbocycles. The van der Waals surface area contributed by atoms with Crippen LogP contribution in [-0.4, -0.2) is 11.0 Å². The fourth-order valence-corrected chi connectivity index (χ4v) is 0.521. The summed E-state index contributed by atoms with van der Waals surface area (Å²) in [6.45, 7) is 0. The van der Waals surface area contributed by atoms with Gasteiger partial charge in [-0.3, -0.25) is 0 Å². The van der Waals surface area contributed by atoms with E-state index in [1.807, 2.05) is 0 Å². The number of nitrogens with one attached hydrogen (secondary N) is 1. The molecule has 1 atom stereocenters. The van der Waals surface area contributed by atoms with Crippen LogP contribution in [0.3, 0.4) is 0 Å². The highest BCUT2D eigenvalue weighted by molar-refractivity contribution is 5.14. The van der Waals surface area contributed by atoms with E-state index >= 15 is 0 Å². The molecule has 4 nitrogen and oxygen atoms in total. The van der Waals surface area contributed by atoms with E-state index < -0.39 is 5.85 Å². The van der Waals surface area contributed by atoms with Gasteiger partial charge in [-0.2, -0.15) is 0 Å². The van der Waals surface area contributed by atoms with Crippen molar-refractivity contribution in [2.45, 2.75) is 5.85 Å². The minimum absolute atomic E-state index is 1.26. The molecule has 0 spiro atoms. The summed E-state index contributed by atoms with van der Waals surface area (Å²) in [6.07, 6.45) is 5.90. The van der Waals surface area contributed by atoms with Gasteiger partial charge in [0.15, 0.2) is 0 Å². The van der Waals surface area contributed by atoms with Gasteiger partial charge in [-0.25, -0.2) is 0 Å². The second-order valence-electron chi connectivity index (χ2n) is 1.68. The van der Waals surface area contributed by atoms with Gasteiger partial charge < -0.3 is 10.4 Å². The lowest BCUT2D eigenvalue weighted by Gasteiger charge is -2.16. The predicted octanol–water partition coefficient (Wildman–Crippen LogP) is 0.0720. The van der Waals surface area contributed by atoms with E-state index in [1.165, 1.54) is 18.4 Å². The number of hydrogen-bond donors (Lipinski definition) is 2. The normalized spacial score (nSPS) is 31.7. The first kappa shape index (κ1) is 5.97. The minimum atomic E-state index is -1.73. The highest BCUT2D eigenvalue weighted by atomic mass is 16.4. The standard InChI is InChI=1S/C5H6N2O2/c8-5(7-9)3-1-2-4-6-5/h1-4,6,8H. The predicted molar refractivity (Wildman–Crippen MR) is 32.2 cm³/mol.